The number of hydrogen-bond acceptors (Lipinski definition) is 6. The SMILES string of the molecule is CCCOc1ccc(/C=N\NC(=O)[C@H](Cc2ccccc2)NC(=O)[C@H](C)Oc2ccc(Cl)cc2Cl)cc1OCC. The van der Waals surface area contributed by atoms with E-state index in [4.69, 9.17) is 37.4 Å². The molecule has 0 spiro atoms. The van der Waals surface area contributed by atoms with Crippen molar-refractivity contribution in [1.29, 1.82) is 0 Å². The Kier molecular flexibility index (Phi) is 12.1. The van der Waals surface area contributed by atoms with E-state index in [2.05, 4.69) is 15.8 Å². The van der Waals surface area contributed by atoms with Crippen molar-refractivity contribution >= 4 is 41.2 Å². The van der Waals surface area contributed by atoms with Crippen LogP contribution in [-0.4, -0.2) is 43.4 Å². The first-order valence-corrected chi connectivity index (χ1v) is 13.7. The van der Waals surface area contributed by atoms with Gasteiger partial charge in [0.2, 0.25) is 0 Å². The van der Waals surface area contributed by atoms with Gasteiger partial charge in [-0.3, -0.25) is 9.59 Å². The molecule has 3 aromatic rings. The zero-order valence-electron chi connectivity index (χ0n) is 22.7. The third-order valence-corrected chi connectivity index (χ3v) is 6.13. The number of carbonyl (C=O) groups excluding carboxylic acids is 2. The standard InChI is InChI=1S/C30H33Cl2N3O5/c1-4-15-39-27-13-11-22(17-28(27)38-5-2)19-33-35-30(37)25(16-21-9-7-6-8-10-21)34-29(36)20(3)40-26-14-12-23(31)18-24(26)32/h6-14,17-20,25H,4-5,15-16H2,1-3H3,(H,34,36)(H,35,37)/b33-19-/t20-,25-/m0/s1. The van der Waals surface area contributed by atoms with Crippen molar-refractivity contribution in [2.45, 2.75) is 45.8 Å². The van der Waals surface area contributed by atoms with E-state index in [-0.39, 0.29) is 11.4 Å². The number of ether oxygens (including phenoxy) is 3. The van der Waals surface area contributed by atoms with E-state index in [0.717, 1.165) is 12.0 Å². The predicted molar refractivity (Wildman–Crippen MR) is 158 cm³/mol. The van der Waals surface area contributed by atoms with E-state index in [1.807, 2.05) is 50.2 Å². The number of nitrogens with zero attached hydrogens (tertiary/aromatic N) is 1. The van der Waals surface area contributed by atoms with Crippen molar-refractivity contribution in [2.24, 2.45) is 5.10 Å². The van der Waals surface area contributed by atoms with Crippen molar-refractivity contribution < 1.29 is 23.8 Å². The maximum Gasteiger partial charge on any atom is 0.262 e. The Morgan fingerprint density at radius 2 is 1.68 bits per heavy atom. The summed E-state index contributed by atoms with van der Waals surface area (Å²) in [6.45, 7) is 6.55. The van der Waals surface area contributed by atoms with Crippen molar-refractivity contribution in [2.75, 3.05) is 13.2 Å². The zero-order chi connectivity index (χ0) is 28.9. The molecule has 0 radical (unpaired) electrons. The van der Waals surface area contributed by atoms with Gasteiger partial charge in [-0.1, -0.05) is 60.5 Å². The molecular formula is C30H33Cl2N3O5. The maximum atomic E-state index is 13.1. The monoisotopic (exact) mass is 585 g/mol. The highest BCUT2D eigenvalue weighted by Crippen LogP contribution is 2.29. The lowest BCUT2D eigenvalue weighted by molar-refractivity contribution is -0.132. The van der Waals surface area contributed by atoms with Crippen LogP contribution < -0.4 is 25.0 Å². The zero-order valence-corrected chi connectivity index (χ0v) is 24.2. The third kappa shape index (κ3) is 9.47. The van der Waals surface area contributed by atoms with E-state index in [1.165, 1.54) is 12.3 Å². The second kappa shape index (κ2) is 15.7. The van der Waals surface area contributed by atoms with Gasteiger partial charge in [0.05, 0.1) is 24.5 Å². The molecule has 0 unspecified atom stereocenters. The Hall–Kier alpha value is -3.75. The fraction of sp³-hybridized carbons (Fsp3) is 0.300. The first kappa shape index (κ1) is 30.8. The van der Waals surface area contributed by atoms with E-state index in [1.54, 1.807) is 31.2 Å². The molecule has 40 heavy (non-hydrogen) atoms. The lowest BCUT2D eigenvalue weighted by atomic mass is 10.1. The number of halogens is 2. The Morgan fingerprint density at radius 1 is 0.925 bits per heavy atom. The van der Waals surface area contributed by atoms with Gasteiger partial charge in [-0.15, -0.1) is 0 Å². The number of hydrazone groups is 1. The largest absolute Gasteiger partial charge is 0.490 e. The highest BCUT2D eigenvalue weighted by molar-refractivity contribution is 6.35. The summed E-state index contributed by atoms with van der Waals surface area (Å²) >= 11 is 12.1. The lowest BCUT2D eigenvalue weighted by Crippen LogP contribution is -2.50. The average Bonchev–Trinajstić information content (AvgIpc) is 2.94. The van der Waals surface area contributed by atoms with E-state index < -0.39 is 24.0 Å². The smallest absolute Gasteiger partial charge is 0.262 e. The minimum atomic E-state index is -0.932. The molecule has 0 heterocycles. The first-order valence-electron chi connectivity index (χ1n) is 13.0. The molecular weight excluding hydrogens is 553 g/mol. The molecule has 0 aliphatic carbocycles. The van der Waals surface area contributed by atoms with Crippen molar-refractivity contribution in [3.05, 3.63) is 87.9 Å². The van der Waals surface area contributed by atoms with Crippen molar-refractivity contribution in [3.8, 4) is 17.2 Å². The molecule has 2 atom stereocenters. The van der Waals surface area contributed by atoms with Gasteiger partial charge >= 0.3 is 0 Å². The molecule has 0 fully saturated rings. The van der Waals surface area contributed by atoms with Gasteiger partial charge < -0.3 is 19.5 Å². The summed E-state index contributed by atoms with van der Waals surface area (Å²) in [5.41, 5.74) is 4.10. The van der Waals surface area contributed by atoms with Gasteiger partial charge in [0.25, 0.3) is 11.8 Å². The maximum absolute atomic E-state index is 13.1. The molecule has 3 rings (SSSR count). The van der Waals surface area contributed by atoms with Crippen LogP contribution in [0.5, 0.6) is 17.2 Å². The second-order valence-corrected chi connectivity index (χ2v) is 9.65. The fourth-order valence-electron chi connectivity index (χ4n) is 3.62. The molecule has 0 bridgehead atoms. The third-order valence-electron chi connectivity index (χ3n) is 5.60. The summed E-state index contributed by atoms with van der Waals surface area (Å²) in [4.78, 5) is 26.1. The van der Waals surface area contributed by atoms with Crippen LogP contribution >= 0.6 is 23.2 Å². The molecule has 0 aliphatic rings. The highest BCUT2D eigenvalue weighted by Gasteiger charge is 2.25. The summed E-state index contributed by atoms with van der Waals surface area (Å²) in [5.74, 6) is 0.565. The molecule has 10 heteroatoms. The second-order valence-electron chi connectivity index (χ2n) is 8.81. The molecule has 0 saturated heterocycles. The predicted octanol–water partition coefficient (Wildman–Crippen LogP) is 5.83. The number of hydrogen-bond donors (Lipinski definition) is 2. The van der Waals surface area contributed by atoms with Crippen LogP contribution in [0.2, 0.25) is 10.0 Å². The summed E-state index contributed by atoms with van der Waals surface area (Å²) in [7, 11) is 0. The number of rotatable bonds is 14. The van der Waals surface area contributed by atoms with Gasteiger partial charge in [0, 0.05) is 11.4 Å². The molecule has 8 nitrogen and oxygen atoms in total. The van der Waals surface area contributed by atoms with E-state index in [0.29, 0.717) is 41.0 Å². The topological polar surface area (TPSA) is 98.2 Å². The number of amides is 2. The first-order chi connectivity index (χ1) is 19.3. The van der Waals surface area contributed by atoms with Gasteiger partial charge in [-0.25, -0.2) is 5.43 Å². The molecule has 0 saturated carbocycles. The Bertz CT molecular complexity index is 1300. The van der Waals surface area contributed by atoms with Crippen LogP contribution in [0.25, 0.3) is 0 Å². The highest BCUT2D eigenvalue weighted by atomic mass is 35.5. The normalized spacial score (nSPS) is 12.4. The summed E-state index contributed by atoms with van der Waals surface area (Å²) in [6, 6.07) is 18.6. The van der Waals surface area contributed by atoms with Gasteiger partial charge in [-0.2, -0.15) is 5.10 Å². The van der Waals surface area contributed by atoms with Crippen LogP contribution in [0.1, 0.15) is 38.3 Å². The molecule has 212 valence electrons. The van der Waals surface area contributed by atoms with E-state index in [9.17, 15) is 9.59 Å². The summed E-state index contributed by atoms with van der Waals surface area (Å²) in [6.07, 6.45) is 1.69. The van der Waals surface area contributed by atoms with Crippen LogP contribution in [0.15, 0.2) is 71.8 Å². The Morgan fingerprint density at radius 3 is 2.38 bits per heavy atom. The van der Waals surface area contributed by atoms with Crippen LogP contribution in [0, 0.1) is 0 Å². The fourth-order valence-corrected chi connectivity index (χ4v) is 4.07. The van der Waals surface area contributed by atoms with Gasteiger partial charge in [0.15, 0.2) is 17.6 Å². The molecule has 0 aromatic heterocycles. The molecule has 2 amide bonds. The number of benzene rings is 3. The van der Waals surface area contributed by atoms with Crippen LogP contribution in [0.4, 0.5) is 0 Å². The quantitative estimate of drug-likeness (QED) is 0.183. The molecule has 0 aliphatic heterocycles. The number of nitrogens with one attached hydrogen (secondary N) is 2. The van der Waals surface area contributed by atoms with Crippen LogP contribution in [-0.2, 0) is 16.0 Å². The lowest BCUT2D eigenvalue weighted by Gasteiger charge is -2.21. The summed E-state index contributed by atoms with van der Waals surface area (Å²) < 4.78 is 17.1. The molecule has 3 aromatic carbocycles. The minimum Gasteiger partial charge on any atom is -0.490 e. The Labute approximate surface area is 244 Å². The van der Waals surface area contributed by atoms with E-state index >= 15 is 0 Å². The van der Waals surface area contributed by atoms with Gasteiger partial charge in [-0.05, 0) is 67.8 Å². The van der Waals surface area contributed by atoms with Crippen molar-refractivity contribution in [1.82, 2.24) is 10.7 Å². The Balaban J connectivity index is 1.69. The van der Waals surface area contributed by atoms with Crippen LogP contribution in [0.3, 0.4) is 0 Å². The summed E-state index contributed by atoms with van der Waals surface area (Å²) in [5, 5.41) is 7.59. The minimum absolute atomic E-state index is 0.250. The molecule has 2 N–H and O–H groups in total. The van der Waals surface area contributed by atoms with Gasteiger partial charge in [0.1, 0.15) is 11.8 Å². The number of carbonyl (C=O) groups is 2. The van der Waals surface area contributed by atoms with Crippen molar-refractivity contribution in [3.63, 3.8) is 0 Å². The average molecular weight is 587 g/mol.